The van der Waals surface area contributed by atoms with Crippen LogP contribution in [0, 0.1) is 5.92 Å². The Kier molecular flexibility index (Phi) is 14.1. The Morgan fingerprint density at radius 3 is 2.23 bits per heavy atom. The number of esters is 1. The number of rotatable bonds is 14. The number of hydrogen-bond donors (Lipinski definition) is 2. The van der Waals surface area contributed by atoms with Crippen molar-refractivity contribution in [3.63, 3.8) is 0 Å². The topological polar surface area (TPSA) is 114 Å². The van der Waals surface area contributed by atoms with Crippen LogP contribution < -0.4 is 10.6 Å². The lowest BCUT2D eigenvalue weighted by Crippen LogP contribution is -2.52. The summed E-state index contributed by atoms with van der Waals surface area (Å²) in [4.78, 5) is 53.2. The van der Waals surface area contributed by atoms with Crippen molar-refractivity contribution in [2.75, 3.05) is 20.7 Å². The Balaban J connectivity index is 1.59. The molecule has 0 saturated heterocycles. The van der Waals surface area contributed by atoms with Gasteiger partial charge in [0.1, 0.15) is 18.7 Å². The molecule has 2 N–H and O–H groups in total. The molecule has 2 unspecified atom stereocenters. The van der Waals surface area contributed by atoms with E-state index in [1.54, 1.807) is 42.3 Å². The molecule has 43 heavy (non-hydrogen) atoms. The third-order valence-corrected chi connectivity index (χ3v) is 8.13. The second kappa shape index (κ2) is 17.7. The molecule has 1 fully saturated rings. The minimum Gasteiger partial charge on any atom is -0.467 e. The van der Waals surface area contributed by atoms with E-state index in [-0.39, 0.29) is 31.3 Å². The van der Waals surface area contributed by atoms with Crippen LogP contribution in [0.3, 0.4) is 0 Å². The number of nitrogens with one attached hydrogen (secondary N) is 2. The first-order valence-electron chi connectivity index (χ1n) is 14.7. The van der Waals surface area contributed by atoms with Gasteiger partial charge in [0.2, 0.25) is 11.8 Å². The summed E-state index contributed by atoms with van der Waals surface area (Å²) in [5.74, 6) is -1.11. The van der Waals surface area contributed by atoms with Gasteiger partial charge in [-0.2, -0.15) is 0 Å². The molecule has 0 spiro atoms. The minimum atomic E-state index is -1.05. The van der Waals surface area contributed by atoms with E-state index in [4.69, 9.17) is 32.7 Å². The fourth-order valence-corrected chi connectivity index (χ4v) is 5.61. The van der Waals surface area contributed by atoms with Crippen molar-refractivity contribution in [1.82, 2.24) is 15.5 Å². The van der Waals surface area contributed by atoms with E-state index in [9.17, 15) is 19.2 Å². The standard InChI is InChI=1S/C32H41Cl2N3O6/c1-37(17-16-23-10-6-12-25(33)18-23)29(38)15-14-27(31(40)42-2)35-30(39)28(20-22-8-4-3-5-9-22)36-32(41)43-21-24-11-7-13-26(34)19-24/h6-7,10-13,18-19,22,27-28H,3-5,8-9,14-17,20-21H2,1-2H3,(H,35,39)(H,36,41). The number of methoxy groups -OCH3 is 1. The number of carbonyl (C=O) groups excluding carboxylic acids is 4. The Morgan fingerprint density at radius 2 is 1.58 bits per heavy atom. The summed E-state index contributed by atoms with van der Waals surface area (Å²) in [6, 6.07) is 12.4. The van der Waals surface area contributed by atoms with E-state index in [2.05, 4.69) is 10.6 Å². The normalized spacial score (nSPS) is 14.7. The summed E-state index contributed by atoms with van der Waals surface area (Å²) < 4.78 is 10.3. The molecule has 0 aliphatic heterocycles. The number of amides is 3. The molecule has 0 radical (unpaired) electrons. The van der Waals surface area contributed by atoms with Crippen molar-refractivity contribution >= 4 is 47.1 Å². The highest BCUT2D eigenvalue weighted by atomic mass is 35.5. The van der Waals surface area contributed by atoms with Crippen LogP contribution in [0.4, 0.5) is 4.79 Å². The van der Waals surface area contributed by atoms with Gasteiger partial charge in [0.15, 0.2) is 0 Å². The van der Waals surface area contributed by atoms with Crippen molar-refractivity contribution in [3.05, 3.63) is 69.7 Å². The van der Waals surface area contributed by atoms with Crippen molar-refractivity contribution in [2.24, 2.45) is 5.92 Å². The third kappa shape index (κ3) is 12.1. The second-order valence-electron chi connectivity index (χ2n) is 11.0. The SMILES string of the molecule is COC(=O)C(CCC(=O)N(C)CCc1cccc(Cl)c1)NC(=O)C(CC1CCCCC1)NC(=O)OCc1cccc(Cl)c1. The molecule has 1 saturated carbocycles. The molecule has 0 bridgehead atoms. The predicted octanol–water partition coefficient (Wildman–Crippen LogP) is 5.70. The molecular weight excluding hydrogens is 593 g/mol. The molecule has 2 aromatic rings. The summed E-state index contributed by atoms with van der Waals surface area (Å²) in [5, 5.41) is 6.56. The minimum absolute atomic E-state index is 0.0120. The molecule has 9 nitrogen and oxygen atoms in total. The number of halogens is 2. The van der Waals surface area contributed by atoms with Gasteiger partial charge in [0.05, 0.1) is 7.11 Å². The number of ether oxygens (including phenoxy) is 2. The van der Waals surface area contributed by atoms with Crippen molar-refractivity contribution in [1.29, 1.82) is 0 Å². The van der Waals surface area contributed by atoms with Crippen LogP contribution in [0.2, 0.25) is 10.0 Å². The van der Waals surface area contributed by atoms with Gasteiger partial charge in [0.25, 0.3) is 0 Å². The average molecular weight is 635 g/mol. The molecule has 0 heterocycles. The number of alkyl carbamates (subject to hydrolysis) is 1. The van der Waals surface area contributed by atoms with Gasteiger partial charge < -0.3 is 25.0 Å². The maximum absolute atomic E-state index is 13.5. The molecule has 234 valence electrons. The van der Waals surface area contributed by atoms with E-state index in [0.29, 0.717) is 35.0 Å². The average Bonchev–Trinajstić information content (AvgIpc) is 3.00. The first-order chi connectivity index (χ1) is 20.6. The van der Waals surface area contributed by atoms with E-state index >= 15 is 0 Å². The van der Waals surface area contributed by atoms with Gasteiger partial charge in [-0.25, -0.2) is 9.59 Å². The van der Waals surface area contributed by atoms with Gasteiger partial charge >= 0.3 is 12.1 Å². The molecule has 1 aliphatic rings. The van der Waals surface area contributed by atoms with Gasteiger partial charge in [-0.05, 0) is 60.6 Å². The third-order valence-electron chi connectivity index (χ3n) is 7.66. The molecule has 3 amide bonds. The van der Waals surface area contributed by atoms with Gasteiger partial charge in [-0.1, -0.05) is 79.6 Å². The first-order valence-corrected chi connectivity index (χ1v) is 15.4. The maximum Gasteiger partial charge on any atom is 0.408 e. The van der Waals surface area contributed by atoms with E-state index in [1.165, 1.54) is 7.11 Å². The summed E-state index contributed by atoms with van der Waals surface area (Å²) in [6.07, 6.45) is 5.56. The summed E-state index contributed by atoms with van der Waals surface area (Å²) >= 11 is 12.1. The molecule has 2 atom stereocenters. The molecule has 11 heteroatoms. The van der Waals surface area contributed by atoms with E-state index < -0.39 is 30.1 Å². The predicted molar refractivity (Wildman–Crippen MR) is 166 cm³/mol. The van der Waals surface area contributed by atoms with Gasteiger partial charge in [0, 0.05) is 30.1 Å². The summed E-state index contributed by atoms with van der Waals surface area (Å²) in [5.41, 5.74) is 1.72. The zero-order chi connectivity index (χ0) is 31.2. The molecule has 0 aromatic heterocycles. The monoisotopic (exact) mass is 633 g/mol. The zero-order valence-electron chi connectivity index (χ0n) is 24.8. The Bertz CT molecular complexity index is 1240. The quantitative estimate of drug-likeness (QED) is 0.258. The highest BCUT2D eigenvalue weighted by Gasteiger charge is 2.31. The fourth-order valence-electron chi connectivity index (χ4n) is 5.18. The largest absolute Gasteiger partial charge is 0.467 e. The molecule has 2 aromatic carbocycles. The number of hydrogen-bond acceptors (Lipinski definition) is 6. The maximum atomic E-state index is 13.5. The Hall–Kier alpha value is -3.30. The lowest BCUT2D eigenvalue weighted by molar-refractivity contribution is -0.145. The molecule has 1 aliphatic carbocycles. The van der Waals surface area contributed by atoms with Crippen molar-refractivity contribution in [2.45, 2.75) is 76.5 Å². The van der Waals surface area contributed by atoms with E-state index in [0.717, 1.165) is 37.7 Å². The van der Waals surface area contributed by atoms with Crippen LogP contribution in [-0.2, 0) is 36.9 Å². The van der Waals surface area contributed by atoms with E-state index in [1.807, 2.05) is 18.2 Å². The Morgan fingerprint density at radius 1 is 0.930 bits per heavy atom. The molecule has 3 rings (SSSR count). The van der Waals surface area contributed by atoms with Crippen LogP contribution in [0.15, 0.2) is 48.5 Å². The smallest absolute Gasteiger partial charge is 0.408 e. The highest BCUT2D eigenvalue weighted by molar-refractivity contribution is 6.30. The summed E-state index contributed by atoms with van der Waals surface area (Å²) in [7, 11) is 2.92. The lowest BCUT2D eigenvalue weighted by Gasteiger charge is -2.27. The number of likely N-dealkylation sites (N-methyl/N-ethyl adjacent to an activating group) is 1. The van der Waals surface area contributed by atoms with Crippen LogP contribution in [-0.4, -0.2) is 61.6 Å². The molecular formula is C32H41Cl2N3O6. The lowest BCUT2D eigenvalue weighted by atomic mass is 9.84. The first kappa shape index (κ1) is 34.2. The Labute approximate surface area is 263 Å². The number of nitrogens with zero attached hydrogens (tertiary/aromatic N) is 1. The number of carbonyl (C=O) groups is 4. The second-order valence-corrected chi connectivity index (χ2v) is 11.8. The van der Waals surface area contributed by atoms with Crippen LogP contribution >= 0.6 is 23.2 Å². The van der Waals surface area contributed by atoms with Gasteiger partial charge in [-0.15, -0.1) is 0 Å². The highest BCUT2D eigenvalue weighted by Crippen LogP contribution is 2.27. The summed E-state index contributed by atoms with van der Waals surface area (Å²) in [6.45, 7) is 0.459. The zero-order valence-corrected chi connectivity index (χ0v) is 26.3. The van der Waals surface area contributed by atoms with Gasteiger partial charge in [-0.3, -0.25) is 9.59 Å². The van der Waals surface area contributed by atoms with Crippen molar-refractivity contribution in [3.8, 4) is 0 Å². The fraction of sp³-hybridized carbons (Fsp3) is 0.500. The van der Waals surface area contributed by atoms with Crippen LogP contribution in [0.1, 0.15) is 62.5 Å². The van der Waals surface area contributed by atoms with Crippen LogP contribution in [0.25, 0.3) is 0 Å². The van der Waals surface area contributed by atoms with Crippen LogP contribution in [0.5, 0.6) is 0 Å². The van der Waals surface area contributed by atoms with Crippen molar-refractivity contribution < 1.29 is 28.7 Å². The number of benzene rings is 2.